The predicted molar refractivity (Wildman–Crippen MR) is 96.2 cm³/mol. The second-order valence-corrected chi connectivity index (χ2v) is 5.89. The Hall–Kier alpha value is -3.11. The van der Waals surface area contributed by atoms with Crippen molar-refractivity contribution in [3.05, 3.63) is 69.7 Å². The topological polar surface area (TPSA) is 105 Å². The van der Waals surface area contributed by atoms with Crippen LogP contribution in [-0.4, -0.2) is 11.9 Å². The lowest BCUT2D eigenvalue weighted by molar-refractivity contribution is -0.115. The molecule has 2 aromatic rings. The van der Waals surface area contributed by atoms with Gasteiger partial charge in [0.2, 0.25) is 0 Å². The molecule has 0 heterocycles. The Morgan fingerprint density at radius 1 is 1.16 bits per heavy atom. The highest BCUT2D eigenvalue weighted by atomic mass is 79.9. The molecule has 2 rings (SSSR count). The Morgan fingerprint density at radius 3 is 2.36 bits per heavy atom. The largest absolute Gasteiger partial charge is 0.489 e. The number of nitrogens with one attached hydrogen (secondary N) is 1. The molecule has 0 spiro atoms. The third-order valence-electron chi connectivity index (χ3n) is 3.11. The van der Waals surface area contributed by atoms with Gasteiger partial charge in [-0.05, 0) is 41.5 Å². The van der Waals surface area contributed by atoms with Crippen LogP contribution < -0.4 is 15.8 Å². The van der Waals surface area contributed by atoms with Crippen molar-refractivity contribution in [3.8, 4) is 11.8 Å². The van der Waals surface area contributed by atoms with Gasteiger partial charge in [-0.2, -0.15) is 5.26 Å². The number of carbonyl (C=O) groups is 2. The zero-order valence-electron chi connectivity index (χ0n) is 13.0. The number of nitrogens with two attached hydrogens (primary N) is 1. The summed E-state index contributed by atoms with van der Waals surface area (Å²) in [6.07, 6.45) is 1.36. The molecule has 0 fully saturated rings. The van der Waals surface area contributed by atoms with Crippen molar-refractivity contribution in [2.24, 2.45) is 5.73 Å². The molecule has 0 radical (unpaired) electrons. The zero-order chi connectivity index (χ0) is 18.2. The monoisotopic (exact) mass is 399 g/mol. The van der Waals surface area contributed by atoms with E-state index in [0.29, 0.717) is 17.9 Å². The molecule has 0 atom stereocenters. The van der Waals surface area contributed by atoms with Crippen LogP contribution in [-0.2, 0) is 11.4 Å². The molecule has 0 aliphatic carbocycles. The number of imide groups is 1. The van der Waals surface area contributed by atoms with Gasteiger partial charge in [0.15, 0.2) is 0 Å². The molecule has 0 aliphatic rings. The number of rotatable bonds is 5. The fourth-order valence-corrected chi connectivity index (χ4v) is 2.17. The molecule has 25 heavy (non-hydrogen) atoms. The van der Waals surface area contributed by atoms with Crippen LogP contribution >= 0.6 is 15.9 Å². The average Bonchev–Trinajstić information content (AvgIpc) is 2.59. The van der Waals surface area contributed by atoms with Crippen molar-refractivity contribution in [1.82, 2.24) is 5.32 Å². The molecular weight excluding hydrogens is 386 g/mol. The molecule has 7 heteroatoms. The number of hydrogen-bond donors (Lipinski definition) is 2. The van der Waals surface area contributed by atoms with Gasteiger partial charge in [0, 0.05) is 4.47 Å². The van der Waals surface area contributed by atoms with Gasteiger partial charge >= 0.3 is 6.03 Å². The summed E-state index contributed by atoms with van der Waals surface area (Å²) in [5.74, 6) is -0.189. The maximum Gasteiger partial charge on any atom is 0.319 e. The van der Waals surface area contributed by atoms with Crippen LogP contribution in [0.4, 0.5) is 4.79 Å². The summed E-state index contributed by atoms with van der Waals surface area (Å²) in [5, 5.41) is 10.8. The number of nitrogens with zero attached hydrogens (tertiary/aromatic N) is 1. The minimum atomic E-state index is -1.01. The second kappa shape index (κ2) is 8.66. The third kappa shape index (κ3) is 5.79. The van der Waals surface area contributed by atoms with Crippen molar-refractivity contribution in [1.29, 1.82) is 5.26 Å². The minimum Gasteiger partial charge on any atom is -0.489 e. The number of primary amides is 1. The number of benzene rings is 2. The molecule has 6 nitrogen and oxygen atoms in total. The molecule has 126 valence electrons. The fraction of sp³-hybridized carbons (Fsp3) is 0.0556. The number of hydrogen-bond acceptors (Lipinski definition) is 4. The highest BCUT2D eigenvalue weighted by Gasteiger charge is 2.10. The van der Waals surface area contributed by atoms with E-state index in [4.69, 9.17) is 15.7 Å². The number of amides is 3. The van der Waals surface area contributed by atoms with E-state index >= 15 is 0 Å². The predicted octanol–water partition coefficient (Wildman–Crippen LogP) is 3.13. The van der Waals surface area contributed by atoms with Crippen LogP contribution in [0.3, 0.4) is 0 Å². The van der Waals surface area contributed by atoms with Gasteiger partial charge in [-0.25, -0.2) is 4.79 Å². The normalized spacial score (nSPS) is 10.6. The van der Waals surface area contributed by atoms with Gasteiger partial charge in [-0.3, -0.25) is 10.1 Å². The highest BCUT2D eigenvalue weighted by molar-refractivity contribution is 9.10. The van der Waals surface area contributed by atoms with Crippen LogP contribution in [0.15, 0.2) is 58.6 Å². The molecule has 0 unspecified atom stereocenters. The first-order valence-corrected chi connectivity index (χ1v) is 7.97. The van der Waals surface area contributed by atoms with E-state index in [1.807, 2.05) is 29.6 Å². The number of halogens is 1. The van der Waals surface area contributed by atoms with Gasteiger partial charge in [0.1, 0.15) is 24.0 Å². The Morgan fingerprint density at radius 2 is 1.80 bits per heavy atom. The molecule has 3 amide bonds. The van der Waals surface area contributed by atoms with E-state index in [2.05, 4.69) is 15.9 Å². The van der Waals surface area contributed by atoms with Crippen LogP contribution in [0.2, 0.25) is 0 Å². The maximum absolute atomic E-state index is 11.6. The lowest BCUT2D eigenvalue weighted by Crippen LogP contribution is -2.35. The first kappa shape index (κ1) is 18.2. The minimum absolute atomic E-state index is 0.220. The molecule has 3 N–H and O–H groups in total. The maximum atomic E-state index is 11.6. The van der Waals surface area contributed by atoms with Gasteiger partial charge in [-0.15, -0.1) is 0 Å². The Labute approximate surface area is 153 Å². The number of carbonyl (C=O) groups excluding carboxylic acids is 2. The Balaban J connectivity index is 2.02. The number of urea groups is 1. The van der Waals surface area contributed by atoms with Gasteiger partial charge in [0.05, 0.1) is 0 Å². The molecule has 0 aliphatic heterocycles. The van der Waals surface area contributed by atoms with E-state index in [1.165, 1.54) is 6.08 Å². The van der Waals surface area contributed by atoms with E-state index in [0.717, 1.165) is 10.0 Å². The summed E-state index contributed by atoms with van der Waals surface area (Å²) in [5.41, 5.74) is 6.29. The first-order chi connectivity index (χ1) is 12.0. The molecule has 2 aromatic carbocycles. The number of nitriles is 1. The number of ether oxygens (including phenoxy) is 1. The fourth-order valence-electron chi connectivity index (χ4n) is 1.90. The van der Waals surface area contributed by atoms with Crippen LogP contribution in [0, 0.1) is 11.3 Å². The Kier molecular flexibility index (Phi) is 6.32. The van der Waals surface area contributed by atoms with Gasteiger partial charge in [-0.1, -0.05) is 40.2 Å². The Bertz CT molecular complexity index is 837. The third-order valence-corrected chi connectivity index (χ3v) is 3.64. The average molecular weight is 400 g/mol. The highest BCUT2D eigenvalue weighted by Crippen LogP contribution is 2.17. The van der Waals surface area contributed by atoms with Crippen molar-refractivity contribution in [2.75, 3.05) is 0 Å². The zero-order valence-corrected chi connectivity index (χ0v) is 14.6. The van der Waals surface area contributed by atoms with Crippen LogP contribution in [0.1, 0.15) is 11.1 Å². The second-order valence-electron chi connectivity index (χ2n) is 4.97. The summed E-state index contributed by atoms with van der Waals surface area (Å²) in [6.45, 7) is 0.424. The van der Waals surface area contributed by atoms with Gasteiger partial charge < -0.3 is 10.5 Å². The lowest BCUT2D eigenvalue weighted by atomic mass is 10.1. The first-order valence-electron chi connectivity index (χ1n) is 7.18. The van der Waals surface area contributed by atoms with Gasteiger partial charge in [0.25, 0.3) is 5.91 Å². The van der Waals surface area contributed by atoms with Crippen LogP contribution in [0.25, 0.3) is 6.08 Å². The van der Waals surface area contributed by atoms with Crippen molar-refractivity contribution < 1.29 is 14.3 Å². The molecular formula is C18H14BrN3O3. The van der Waals surface area contributed by atoms with Crippen molar-refractivity contribution in [3.63, 3.8) is 0 Å². The summed E-state index contributed by atoms with van der Waals surface area (Å²) in [7, 11) is 0. The molecule has 0 saturated heterocycles. The lowest BCUT2D eigenvalue weighted by Gasteiger charge is -2.07. The SMILES string of the molecule is N#C/C(=C/c1ccc(OCc2ccc(Br)cc2)cc1)C(=O)NC(N)=O. The molecule has 0 aromatic heterocycles. The standard InChI is InChI=1S/C18H14BrN3O3/c19-15-5-1-13(2-6-15)11-25-16-7-3-12(4-8-16)9-14(10-20)17(23)22-18(21)24/h1-9H,11H2,(H3,21,22,23,24)/b14-9-. The van der Waals surface area contributed by atoms with Crippen LogP contribution in [0.5, 0.6) is 5.75 Å². The summed E-state index contributed by atoms with van der Waals surface area (Å²) >= 11 is 3.37. The smallest absolute Gasteiger partial charge is 0.319 e. The molecule has 0 bridgehead atoms. The van der Waals surface area contributed by atoms with E-state index in [9.17, 15) is 9.59 Å². The van der Waals surface area contributed by atoms with E-state index in [1.54, 1.807) is 30.3 Å². The summed E-state index contributed by atoms with van der Waals surface area (Å²) in [4.78, 5) is 22.3. The van der Waals surface area contributed by atoms with Crippen molar-refractivity contribution >= 4 is 33.9 Å². The van der Waals surface area contributed by atoms with E-state index < -0.39 is 11.9 Å². The summed E-state index contributed by atoms with van der Waals surface area (Å²) in [6, 6.07) is 15.4. The quantitative estimate of drug-likeness (QED) is 0.594. The molecule has 0 saturated carbocycles. The summed E-state index contributed by atoms with van der Waals surface area (Å²) < 4.78 is 6.68. The van der Waals surface area contributed by atoms with Crippen molar-refractivity contribution in [2.45, 2.75) is 6.61 Å². The van der Waals surface area contributed by atoms with E-state index in [-0.39, 0.29) is 5.57 Å².